The van der Waals surface area contributed by atoms with Crippen LogP contribution in [0.2, 0.25) is 0 Å². The lowest BCUT2D eigenvalue weighted by molar-refractivity contribution is -0.418. The highest BCUT2D eigenvalue weighted by Crippen LogP contribution is 2.30. The van der Waals surface area contributed by atoms with Crippen molar-refractivity contribution in [3.63, 3.8) is 0 Å². The van der Waals surface area contributed by atoms with Crippen LogP contribution in [-0.4, -0.2) is 36.3 Å². The second-order valence-electron chi connectivity index (χ2n) is 4.72. The molecule has 12 heteroatoms. The smallest absolute Gasteiger partial charge is 0.321 e. The molecule has 128 valence electrons. The zero-order valence-electron chi connectivity index (χ0n) is 11.9. The summed E-state index contributed by atoms with van der Waals surface area (Å²) in [5, 5.41) is 37.9. The molecule has 0 fully saturated rings. The number of aliphatic hydroxyl groups excluding tert-OH is 1. The number of ketones is 1. The largest absolute Gasteiger partial charge is 0.504 e. The number of nitro groups is 1. The molecule has 3 rings (SSSR count). The number of hydroxylamine groups is 2. The van der Waals surface area contributed by atoms with Crippen molar-refractivity contribution >= 4 is 40.1 Å². The van der Waals surface area contributed by atoms with E-state index in [0.29, 0.717) is 5.06 Å². The van der Waals surface area contributed by atoms with Crippen LogP contribution in [0, 0.1) is 10.1 Å². The van der Waals surface area contributed by atoms with Gasteiger partial charge in [-0.15, -0.1) is 10.2 Å². The van der Waals surface area contributed by atoms with Crippen LogP contribution in [0.15, 0.2) is 50.5 Å². The number of hydrogen-bond acceptors (Lipinski definition) is 9. The Morgan fingerprint density at radius 1 is 1.16 bits per heavy atom. The number of carbonyl (C=O) groups excluding carboxylic acids is 1. The van der Waals surface area contributed by atoms with E-state index < -0.39 is 22.2 Å². The van der Waals surface area contributed by atoms with E-state index in [9.17, 15) is 25.2 Å². The summed E-state index contributed by atoms with van der Waals surface area (Å²) >= 11 is 11.9. The van der Waals surface area contributed by atoms with E-state index in [4.69, 9.17) is 27.6 Å². The zero-order chi connectivity index (χ0) is 18.3. The van der Waals surface area contributed by atoms with E-state index in [1.165, 1.54) is 0 Å². The topological polar surface area (TPSA) is 143 Å². The van der Waals surface area contributed by atoms with Crippen LogP contribution < -0.4 is 11.1 Å². The Morgan fingerprint density at radius 3 is 2.36 bits per heavy atom. The Balaban J connectivity index is 2.23. The fourth-order valence-corrected chi connectivity index (χ4v) is 2.63. The number of nitrogens with zero attached hydrogens (tertiary/aromatic N) is 4. The fourth-order valence-electron chi connectivity index (χ4n) is 2.02. The fraction of sp³-hybridized carbons (Fsp3) is 0. The quantitative estimate of drug-likeness (QED) is 0.519. The first kappa shape index (κ1) is 16.9. The lowest BCUT2D eigenvalue weighted by Gasteiger charge is -2.14. The van der Waals surface area contributed by atoms with Gasteiger partial charge in [-0.3, -0.25) is 20.1 Å². The second kappa shape index (κ2) is 6.16. The molecule has 0 radical (unpaired) electrons. The van der Waals surface area contributed by atoms with E-state index in [1.54, 1.807) is 0 Å². The van der Waals surface area contributed by atoms with Gasteiger partial charge >= 0.3 is 5.70 Å². The van der Waals surface area contributed by atoms with Gasteiger partial charge < -0.3 is 9.52 Å². The molecule has 1 aromatic rings. The van der Waals surface area contributed by atoms with Gasteiger partial charge in [0.2, 0.25) is 5.55 Å². The highest BCUT2D eigenvalue weighted by molar-refractivity contribution is 6.44. The normalized spacial score (nSPS) is 20.0. The van der Waals surface area contributed by atoms with Crippen molar-refractivity contribution in [3.05, 3.63) is 67.3 Å². The molecule has 2 N–H and O–H groups in total. The van der Waals surface area contributed by atoms with Crippen LogP contribution in [0.1, 0.15) is 0 Å². The molecular formula is C13H6Cl2N4O6. The van der Waals surface area contributed by atoms with E-state index >= 15 is 0 Å². The van der Waals surface area contributed by atoms with Gasteiger partial charge in [-0.25, -0.2) is 5.06 Å². The van der Waals surface area contributed by atoms with Gasteiger partial charge in [0.25, 0.3) is 11.3 Å². The first-order chi connectivity index (χ1) is 11.8. The molecule has 0 unspecified atom stereocenters. The molecule has 0 saturated carbocycles. The highest BCUT2D eigenvalue weighted by atomic mass is 35.5. The summed E-state index contributed by atoms with van der Waals surface area (Å²) in [6, 6.07) is 0. The molecule has 0 aromatic carbocycles. The SMILES string of the molecule is O=C1C(O)=CC(=c2nnc(=C3C(Cl)=CN(O)C=C3Cl)o2)C=C1[N+](=O)[O-]. The monoisotopic (exact) mass is 384 g/mol. The summed E-state index contributed by atoms with van der Waals surface area (Å²) in [4.78, 5) is 21.5. The minimum Gasteiger partial charge on any atom is -0.504 e. The molecule has 2 aliphatic rings. The number of rotatable bonds is 1. The molecular weight excluding hydrogens is 379 g/mol. The van der Waals surface area contributed by atoms with Crippen molar-refractivity contribution in [1.29, 1.82) is 0 Å². The summed E-state index contributed by atoms with van der Waals surface area (Å²) in [7, 11) is 0. The molecule has 1 aliphatic heterocycles. The first-order valence-corrected chi connectivity index (χ1v) is 7.15. The minimum atomic E-state index is -1.13. The molecule has 0 saturated heterocycles. The van der Waals surface area contributed by atoms with Crippen molar-refractivity contribution in [2.24, 2.45) is 0 Å². The zero-order valence-corrected chi connectivity index (χ0v) is 13.4. The molecule has 0 bridgehead atoms. The maximum absolute atomic E-state index is 11.5. The van der Waals surface area contributed by atoms with Gasteiger partial charge in [0.1, 0.15) is 0 Å². The molecule has 0 atom stereocenters. The highest BCUT2D eigenvalue weighted by Gasteiger charge is 2.30. The standard InChI is InChI=1S/C13H6Cl2N4O6/c14-6-3-18(22)4-7(15)10(6)13-17-16-12(25-13)5-1-8(19(23)24)11(21)9(20)2-5/h1-4,20,22H. The van der Waals surface area contributed by atoms with Gasteiger partial charge in [0.05, 0.1) is 33.0 Å². The van der Waals surface area contributed by atoms with Crippen LogP contribution in [0.3, 0.4) is 0 Å². The Labute approximate surface area is 147 Å². The van der Waals surface area contributed by atoms with Gasteiger partial charge in [-0.05, 0) is 6.08 Å². The van der Waals surface area contributed by atoms with Gasteiger partial charge in [-0.2, -0.15) is 0 Å². The molecule has 1 aliphatic carbocycles. The van der Waals surface area contributed by atoms with Crippen molar-refractivity contribution in [1.82, 2.24) is 15.3 Å². The van der Waals surface area contributed by atoms with Crippen LogP contribution in [0.5, 0.6) is 0 Å². The van der Waals surface area contributed by atoms with Crippen LogP contribution in [-0.2, 0) is 4.79 Å². The number of Topliss-reactive ketones (excluding diaryl/α,β-unsaturated/α-hetero) is 1. The Morgan fingerprint density at radius 2 is 1.76 bits per heavy atom. The number of allylic oxidation sites excluding steroid dienone is 4. The number of hydrogen-bond donors (Lipinski definition) is 2. The van der Waals surface area contributed by atoms with Crippen molar-refractivity contribution < 1.29 is 24.4 Å². The molecule has 1 aromatic heterocycles. The average Bonchev–Trinajstić information content (AvgIpc) is 2.98. The summed E-state index contributed by atoms with van der Waals surface area (Å²) in [6.07, 6.45) is 4.13. The molecule has 25 heavy (non-hydrogen) atoms. The van der Waals surface area contributed by atoms with Gasteiger partial charge in [0.15, 0.2) is 5.76 Å². The molecule has 10 nitrogen and oxygen atoms in total. The minimum absolute atomic E-state index is 0.00827. The first-order valence-electron chi connectivity index (χ1n) is 6.40. The third-order valence-electron chi connectivity index (χ3n) is 3.10. The third-order valence-corrected chi connectivity index (χ3v) is 3.67. The predicted octanol–water partition coefficient (Wildman–Crippen LogP) is 0.421. The summed E-state index contributed by atoms with van der Waals surface area (Å²) in [5.41, 5.74) is -1.08. The van der Waals surface area contributed by atoms with Crippen molar-refractivity contribution in [3.8, 4) is 0 Å². The Bertz CT molecular complexity index is 1030. The Kier molecular flexibility index (Phi) is 4.17. The number of carbonyl (C=O) groups is 1. The molecule has 2 heterocycles. The van der Waals surface area contributed by atoms with E-state index in [-0.39, 0.29) is 32.3 Å². The molecule has 0 amide bonds. The van der Waals surface area contributed by atoms with E-state index in [2.05, 4.69) is 10.2 Å². The molecule has 0 spiro atoms. The van der Waals surface area contributed by atoms with Crippen molar-refractivity contribution in [2.75, 3.05) is 0 Å². The second-order valence-corrected chi connectivity index (χ2v) is 5.54. The third kappa shape index (κ3) is 3.05. The van der Waals surface area contributed by atoms with Crippen LogP contribution in [0.4, 0.5) is 0 Å². The average molecular weight is 385 g/mol. The van der Waals surface area contributed by atoms with E-state index in [1.807, 2.05) is 0 Å². The maximum Gasteiger partial charge on any atom is 0.321 e. The summed E-state index contributed by atoms with van der Waals surface area (Å²) < 4.78 is 5.37. The number of aromatic nitrogens is 2. The predicted molar refractivity (Wildman–Crippen MR) is 82.7 cm³/mol. The Hall–Kier alpha value is -2.95. The number of aliphatic hydroxyl groups is 1. The maximum atomic E-state index is 11.5. The van der Waals surface area contributed by atoms with E-state index in [0.717, 1.165) is 24.6 Å². The van der Waals surface area contributed by atoms with Crippen LogP contribution in [0.25, 0.3) is 11.1 Å². The van der Waals surface area contributed by atoms with Crippen LogP contribution >= 0.6 is 23.2 Å². The lowest BCUT2D eigenvalue weighted by Crippen LogP contribution is -2.19. The van der Waals surface area contributed by atoms with Crippen molar-refractivity contribution in [2.45, 2.75) is 0 Å². The summed E-state index contributed by atoms with van der Waals surface area (Å²) in [5.74, 6) is -1.96. The lowest BCUT2D eigenvalue weighted by atomic mass is 10.1. The van der Waals surface area contributed by atoms with Gasteiger partial charge in [-0.1, -0.05) is 23.2 Å². The number of halogens is 2. The summed E-state index contributed by atoms with van der Waals surface area (Å²) in [6.45, 7) is 0. The van der Waals surface area contributed by atoms with Gasteiger partial charge in [0, 0.05) is 11.6 Å².